The van der Waals surface area contributed by atoms with Crippen molar-refractivity contribution in [1.29, 1.82) is 0 Å². The maximum absolute atomic E-state index is 12.9. The molecular weight excluding hydrogens is 470 g/mol. The number of fused-ring (bicyclic) bond motifs is 1. The summed E-state index contributed by atoms with van der Waals surface area (Å²) in [5.74, 6) is 0.783. The summed E-state index contributed by atoms with van der Waals surface area (Å²) in [6, 6.07) is 19.0. The second-order valence-electron chi connectivity index (χ2n) is 8.82. The van der Waals surface area contributed by atoms with E-state index in [9.17, 15) is 9.00 Å². The lowest BCUT2D eigenvalue weighted by atomic mass is 10.0. The van der Waals surface area contributed by atoms with E-state index in [1.54, 1.807) is 6.07 Å². The number of benzene rings is 3. The van der Waals surface area contributed by atoms with E-state index in [-0.39, 0.29) is 6.04 Å². The quantitative estimate of drug-likeness (QED) is 0.157. The number of carbonyl (C=O) groups excluding carboxylic acids is 1. The third kappa shape index (κ3) is 10.9. The summed E-state index contributed by atoms with van der Waals surface area (Å²) in [5, 5.41) is 14.2. The van der Waals surface area contributed by atoms with Crippen LogP contribution in [0.25, 0.3) is 10.8 Å². The smallest absolute Gasteiger partial charge is 0.125 e. The Bertz CT molecular complexity index is 1050. The molecule has 5 N–H and O–H groups in total. The van der Waals surface area contributed by atoms with Gasteiger partial charge < -0.3 is 21.0 Å². The summed E-state index contributed by atoms with van der Waals surface area (Å²) >= 11 is 0. The summed E-state index contributed by atoms with van der Waals surface area (Å²) in [5.41, 5.74) is 7.67. The number of nitrogens with one attached hydrogen (secondary N) is 2. The molecule has 3 aromatic carbocycles. The first-order chi connectivity index (χ1) is 17.3. The van der Waals surface area contributed by atoms with Gasteiger partial charge in [-0.25, -0.2) is 8.93 Å². The van der Waals surface area contributed by atoms with E-state index >= 15 is 0 Å². The summed E-state index contributed by atoms with van der Waals surface area (Å²) in [7, 11) is -1.26. The number of anilines is 1. The fourth-order valence-electron chi connectivity index (χ4n) is 3.30. The Kier molecular flexibility index (Phi) is 15.3. The zero-order valence-electron chi connectivity index (χ0n) is 22.3. The Morgan fingerprint density at radius 2 is 1.64 bits per heavy atom. The first-order valence-corrected chi connectivity index (χ1v) is 13.8. The van der Waals surface area contributed by atoms with Crippen LogP contribution in [0.15, 0.2) is 65.6 Å². The van der Waals surface area contributed by atoms with Crippen LogP contribution in [0.4, 0.5) is 5.69 Å². The van der Waals surface area contributed by atoms with E-state index < -0.39 is 11.0 Å². The molecule has 0 aliphatic heterocycles. The van der Waals surface area contributed by atoms with Crippen molar-refractivity contribution in [2.24, 2.45) is 5.92 Å². The number of rotatable bonds is 10. The van der Waals surface area contributed by atoms with Crippen LogP contribution in [0.5, 0.6) is 5.75 Å². The predicted molar refractivity (Wildman–Crippen MR) is 154 cm³/mol. The molecule has 0 radical (unpaired) electrons. The van der Waals surface area contributed by atoms with Crippen LogP contribution in [0.3, 0.4) is 0 Å². The number of hydrogen-bond donors (Lipinski definition) is 4. The van der Waals surface area contributed by atoms with Gasteiger partial charge in [0.15, 0.2) is 0 Å². The number of phenols is 1. The molecule has 198 valence electrons. The molecule has 0 spiro atoms. The highest BCUT2D eigenvalue weighted by Crippen LogP contribution is 2.26. The van der Waals surface area contributed by atoms with Gasteiger partial charge in [0.1, 0.15) is 23.0 Å². The van der Waals surface area contributed by atoms with Crippen molar-refractivity contribution in [3.63, 3.8) is 0 Å². The lowest BCUT2D eigenvalue weighted by molar-refractivity contribution is -0.107. The first kappa shape index (κ1) is 31.3. The minimum atomic E-state index is -1.26. The molecule has 3 aromatic rings. The lowest BCUT2D eigenvalue weighted by Gasteiger charge is -2.22. The number of aromatic hydroxyl groups is 1. The van der Waals surface area contributed by atoms with Crippen LogP contribution in [0.1, 0.15) is 52.5 Å². The predicted octanol–water partition coefficient (Wildman–Crippen LogP) is 5.74. The van der Waals surface area contributed by atoms with E-state index in [0.29, 0.717) is 23.8 Å². The van der Waals surface area contributed by atoms with Crippen LogP contribution in [-0.4, -0.2) is 34.7 Å². The normalized spacial score (nSPS) is 12.2. The minimum absolute atomic E-state index is 0.200. The maximum atomic E-state index is 12.9. The topological polar surface area (TPSA) is 104 Å². The average molecular weight is 514 g/mol. The Hall–Kier alpha value is -2.74. The van der Waals surface area contributed by atoms with Crippen LogP contribution < -0.4 is 15.8 Å². The average Bonchev–Trinajstić information content (AvgIpc) is 2.87. The van der Waals surface area contributed by atoms with Crippen LogP contribution in [0, 0.1) is 12.8 Å². The standard InChI is InChI=1S/C18H27N3OS.C7H8O.C4H8O/c1-4-20-12-11-17(13(2)3)21-23(22)18-10-9-16(19)14-7-5-6-8-15(14)18;1-6-4-2-3-5-7(6)8;1-2-3-4-5/h5-10,13,17,20-21H,4,11-12,19H2,1-3H3;2-5,8H,1H3;4H,2-3H2,1H3. The summed E-state index contributed by atoms with van der Waals surface area (Å²) in [6.45, 7) is 12.1. The maximum Gasteiger partial charge on any atom is 0.125 e. The second kappa shape index (κ2) is 17.7. The van der Waals surface area contributed by atoms with Gasteiger partial charge in [0.2, 0.25) is 0 Å². The molecule has 0 aromatic heterocycles. The number of aryl methyl sites for hydroxylation is 1. The number of nitrogens with two attached hydrogens (primary N) is 1. The van der Waals surface area contributed by atoms with E-state index in [1.165, 1.54) is 0 Å². The van der Waals surface area contributed by atoms with Crippen molar-refractivity contribution >= 4 is 33.7 Å². The molecular formula is C29H43N3O3S. The van der Waals surface area contributed by atoms with Crippen molar-refractivity contribution in [3.8, 4) is 5.75 Å². The number of hydrogen-bond acceptors (Lipinski definition) is 5. The summed E-state index contributed by atoms with van der Waals surface area (Å²) in [4.78, 5) is 10.2. The van der Waals surface area contributed by atoms with Crippen molar-refractivity contribution in [2.75, 3.05) is 18.8 Å². The van der Waals surface area contributed by atoms with Gasteiger partial charge >= 0.3 is 0 Å². The molecule has 0 heterocycles. The molecule has 0 amide bonds. The summed E-state index contributed by atoms with van der Waals surface area (Å²) in [6.07, 6.45) is 3.56. The van der Waals surface area contributed by atoms with Gasteiger partial charge in [-0.3, -0.25) is 0 Å². The zero-order chi connectivity index (χ0) is 26.9. The minimum Gasteiger partial charge on any atom is -0.508 e. The van der Waals surface area contributed by atoms with Gasteiger partial charge in [0.05, 0.1) is 4.90 Å². The van der Waals surface area contributed by atoms with Gasteiger partial charge in [0.25, 0.3) is 0 Å². The molecule has 2 atom stereocenters. The number of unbranched alkanes of at least 4 members (excludes halogenated alkanes) is 1. The first-order valence-electron chi connectivity index (χ1n) is 12.6. The summed E-state index contributed by atoms with van der Waals surface area (Å²) < 4.78 is 16.2. The van der Waals surface area contributed by atoms with E-state index in [1.807, 2.05) is 68.4 Å². The second-order valence-corrected chi connectivity index (χ2v) is 10.0. The van der Waals surface area contributed by atoms with Gasteiger partial charge in [-0.2, -0.15) is 0 Å². The Balaban J connectivity index is 0.000000407. The van der Waals surface area contributed by atoms with Crippen molar-refractivity contribution in [2.45, 2.75) is 64.8 Å². The van der Waals surface area contributed by atoms with Gasteiger partial charge in [-0.05, 0) is 62.5 Å². The van der Waals surface area contributed by atoms with Crippen molar-refractivity contribution < 1.29 is 14.1 Å². The number of aldehydes is 1. The molecule has 36 heavy (non-hydrogen) atoms. The monoisotopic (exact) mass is 513 g/mol. The van der Waals surface area contributed by atoms with Crippen LogP contribution in [0.2, 0.25) is 0 Å². The molecule has 0 aliphatic carbocycles. The lowest BCUT2D eigenvalue weighted by Crippen LogP contribution is -2.37. The molecule has 0 saturated carbocycles. The number of nitrogen functional groups attached to an aromatic ring is 1. The molecule has 0 bridgehead atoms. The van der Waals surface area contributed by atoms with Crippen molar-refractivity contribution in [3.05, 3.63) is 66.2 Å². The molecule has 0 aliphatic rings. The van der Waals surface area contributed by atoms with E-state index in [2.05, 4.69) is 30.8 Å². The highest BCUT2D eigenvalue weighted by Gasteiger charge is 2.18. The number of para-hydroxylation sites is 1. The molecule has 7 heteroatoms. The van der Waals surface area contributed by atoms with Crippen LogP contribution >= 0.6 is 0 Å². The van der Waals surface area contributed by atoms with E-state index in [0.717, 1.165) is 53.4 Å². The molecule has 0 saturated heterocycles. The molecule has 3 rings (SSSR count). The van der Waals surface area contributed by atoms with Gasteiger partial charge in [-0.1, -0.05) is 70.2 Å². The van der Waals surface area contributed by atoms with Gasteiger partial charge in [0, 0.05) is 28.9 Å². The SMILES string of the molecule is CCCC=O.CCNCCC(NS(=O)c1ccc(N)c2ccccc12)C(C)C.Cc1ccccc1O. The van der Waals surface area contributed by atoms with Crippen molar-refractivity contribution in [1.82, 2.24) is 10.0 Å². The third-order valence-electron chi connectivity index (χ3n) is 5.58. The molecule has 2 unspecified atom stereocenters. The molecule has 0 fully saturated rings. The Labute approximate surface area is 219 Å². The highest BCUT2D eigenvalue weighted by atomic mass is 32.2. The third-order valence-corrected chi connectivity index (χ3v) is 6.86. The highest BCUT2D eigenvalue weighted by molar-refractivity contribution is 7.83. The number of phenolic OH excluding ortho intramolecular Hbond substituents is 1. The largest absolute Gasteiger partial charge is 0.508 e. The number of carbonyl (C=O) groups is 1. The molecule has 6 nitrogen and oxygen atoms in total. The van der Waals surface area contributed by atoms with Crippen LogP contribution in [-0.2, 0) is 15.8 Å². The fraction of sp³-hybridized carbons (Fsp3) is 0.414. The fourth-order valence-corrected chi connectivity index (χ4v) is 4.66. The van der Waals surface area contributed by atoms with Gasteiger partial charge in [-0.15, -0.1) is 0 Å². The zero-order valence-corrected chi connectivity index (χ0v) is 23.1. The van der Waals surface area contributed by atoms with E-state index in [4.69, 9.17) is 10.8 Å². The Morgan fingerprint density at radius 1 is 1.00 bits per heavy atom. The Morgan fingerprint density at radius 3 is 2.14 bits per heavy atom.